The summed E-state index contributed by atoms with van der Waals surface area (Å²) in [6.07, 6.45) is 1.71. The molecular formula is C22H27N3O2. The number of amides is 2. The SMILES string of the molecule is NCCCNC(=O)C1CCC(=O)N(Cc2ccccc2)C1c1ccccc1. The first-order chi connectivity index (χ1) is 13.2. The van der Waals surface area contributed by atoms with E-state index >= 15 is 0 Å². The van der Waals surface area contributed by atoms with Gasteiger partial charge < -0.3 is 16.0 Å². The van der Waals surface area contributed by atoms with Gasteiger partial charge in [0.1, 0.15) is 0 Å². The molecule has 2 aromatic carbocycles. The third-order valence-electron chi connectivity index (χ3n) is 5.06. The second kappa shape index (κ2) is 9.33. The van der Waals surface area contributed by atoms with Crippen LogP contribution in [0.15, 0.2) is 60.7 Å². The van der Waals surface area contributed by atoms with Crippen molar-refractivity contribution >= 4 is 11.8 Å². The number of rotatable bonds is 7. The van der Waals surface area contributed by atoms with Crippen molar-refractivity contribution < 1.29 is 9.59 Å². The van der Waals surface area contributed by atoms with Crippen LogP contribution < -0.4 is 11.1 Å². The molecule has 0 aromatic heterocycles. The Kier molecular flexibility index (Phi) is 6.60. The van der Waals surface area contributed by atoms with Crippen LogP contribution in [-0.2, 0) is 16.1 Å². The first-order valence-electron chi connectivity index (χ1n) is 9.57. The maximum Gasteiger partial charge on any atom is 0.225 e. The van der Waals surface area contributed by atoms with E-state index in [2.05, 4.69) is 5.32 Å². The number of piperidine rings is 1. The van der Waals surface area contributed by atoms with Gasteiger partial charge in [-0.05, 0) is 30.5 Å². The minimum Gasteiger partial charge on any atom is -0.356 e. The van der Waals surface area contributed by atoms with Crippen LogP contribution >= 0.6 is 0 Å². The first-order valence-corrected chi connectivity index (χ1v) is 9.57. The molecule has 0 radical (unpaired) electrons. The predicted octanol–water partition coefficient (Wildman–Crippen LogP) is 2.63. The topological polar surface area (TPSA) is 75.4 Å². The summed E-state index contributed by atoms with van der Waals surface area (Å²) < 4.78 is 0. The largest absolute Gasteiger partial charge is 0.356 e. The van der Waals surface area contributed by atoms with Gasteiger partial charge in [0.2, 0.25) is 11.8 Å². The molecule has 0 spiro atoms. The second-order valence-electron chi connectivity index (χ2n) is 6.94. The lowest BCUT2D eigenvalue weighted by molar-refractivity contribution is -0.144. The summed E-state index contributed by atoms with van der Waals surface area (Å²) in [6.45, 7) is 1.62. The van der Waals surface area contributed by atoms with Crippen molar-refractivity contribution in [2.75, 3.05) is 13.1 Å². The quantitative estimate of drug-likeness (QED) is 0.741. The average Bonchev–Trinajstić information content (AvgIpc) is 2.71. The van der Waals surface area contributed by atoms with Gasteiger partial charge in [0.05, 0.1) is 12.0 Å². The third-order valence-corrected chi connectivity index (χ3v) is 5.06. The van der Waals surface area contributed by atoms with Gasteiger partial charge in [-0.25, -0.2) is 0 Å². The van der Waals surface area contributed by atoms with Crippen LogP contribution in [0.3, 0.4) is 0 Å². The molecule has 2 atom stereocenters. The van der Waals surface area contributed by atoms with Crippen molar-refractivity contribution in [3.8, 4) is 0 Å². The predicted molar refractivity (Wildman–Crippen MR) is 106 cm³/mol. The summed E-state index contributed by atoms with van der Waals surface area (Å²) in [4.78, 5) is 27.5. The molecule has 2 unspecified atom stereocenters. The minimum absolute atomic E-state index is 0.00265. The van der Waals surface area contributed by atoms with Gasteiger partial charge >= 0.3 is 0 Å². The summed E-state index contributed by atoms with van der Waals surface area (Å²) >= 11 is 0. The Labute approximate surface area is 160 Å². The van der Waals surface area contributed by atoms with E-state index in [0.717, 1.165) is 17.5 Å². The van der Waals surface area contributed by atoms with Gasteiger partial charge in [-0.2, -0.15) is 0 Å². The number of carbonyl (C=O) groups is 2. The number of benzene rings is 2. The van der Waals surface area contributed by atoms with E-state index in [-0.39, 0.29) is 23.8 Å². The molecule has 27 heavy (non-hydrogen) atoms. The van der Waals surface area contributed by atoms with Crippen molar-refractivity contribution in [1.82, 2.24) is 10.2 Å². The molecule has 5 nitrogen and oxygen atoms in total. The number of nitrogens with one attached hydrogen (secondary N) is 1. The molecular weight excluding hydrogens is 338 g/mol. The maximum absolute atomic E-state index is 12.9. The highest BCUT2D eigenvalue weighted by atomic mass is 16.2. The molecule has 3 rings (SSSR count). The second-order valence-corrected chi connectivity index (χ2v) is 6.94. The molecule has 1 heterocycles. The standard InChI is InChI=1S/C22H27N3O2/c23-14-7-15-24-22(27)19-12-13-20(26)25(16-17-8-3-1-4-9-17)21(19)18-10-5-2-6-11-18/h1-6,8-11,19,21H,7,12-16,23H2,(H,24,27). The molecule has 142 valence electrons. The first kappa shape index (κ1) is 19.1. The molecule has 0 saturated carbocycles. The maximum atomic E-state index is 12.9. The zero-order valence-corrected chi connectivity index (χ0v) is 15.5. The van der Waals surface area contributed by atoms with E-state index in [4.69, 9.17) is 5.73 Å². The fourth-order valence-corrected chi connectivity index (χ4v) is 3.70. The van der Waals surface area contributed by atoms with Crippen LogP contribution in [0.1, 0.15) is 36.4 Å². The molecule has 1 aliphatic rings. The van der Waals surface area contributed by atoms with Gasteiger partial charge in [-0.15, -0.1) is 0 Å². The fourth-order valence-electron chi connectivity index (χ4n) is 3.70. The van der Waals surface area contributed by atoms with Gasteiger partial charge in [0.25, 0.3) is 0 Å². The lowest BCUT2D eigenvalue weighted by Gasteiger charge is -2.41. The minimum atomic E-state index is -0.259. The summed E-state index contributed by atoms with van der Waals surface area (Å²) in [6, 6.07) is 19.5. The van der Waals surface area contributed by atoms with Crippen molar-refractivity contribution in [2.45, 2.75) is 31.8 Å². The number of nitrogens with zero attached hydrogens (tertiary/aromatic N) is 1. The van der Waals surface area contributed by atoms with Crippen molar-refractivity contribution in [1.29, 1.82) is 0 Å². The molecule has 0 aliphatic carbocycles. The Morgan fingerprint density at radius 1 is 1.07 bits per heavy atom. The summed E-state index contributed by atoms with van der Waals surface area (Å²) in [5, 5.41) is 3.00. The van der Waals surface area contributed by atoms with Gasteiger partial charge in [-0.3, -0.25) is 9.59 Å². The van der Waals surface area contributed by atoms with Crippen LogP contribution in [0.25, 0.3) is 0 Å². The monoisotopic (exact) mass is 365 g/mol. The number of carbonyl (C=O) groups excluding carboxylic acids is 2. The Bertz CT molecular complexity index is 749. The normalized spacial score (nSPS) is 19.7. The Morgan fingerprint density at radius 2 is 1.74 bits per heavy atom. The molecule has 3 N–H and O–H groups in total. The molecule has 2 aromatic rings. The number of likely N-dealkylation sites (tertiary alicyclic amines) is 1. The van der Waals surface area contributed by atoms with E-state index in [9.17, 15) is 9.59 Å². The number of nitrogens with two attached hydrogens (primary N) is 1. The van der Waals surface area contributed by atoms with Gasteiger partial charge in [-0.1, -0.05) is 60.7 Å². The third kappa shape index (κ3) is 4.74. The summed E-state index contributed by atoms with van der Waals surface area (Å²) in [5.74, 6) is -0.159. The van der Waals surface area contributed by atoms with Crippen LogP contribution in [0.4, 0.5) is 0 Å². The van der Waals surface area contributed by atoms with Crippen LogP contribution in [0.5, 0.6) is 0 Å². The van der Waals surface area contributed by atoms with Crippen molar-refractivity contribution in [3.05, 3.63) is 71.8 Å². The lowest BCUT2D eigenvalue weighted by Crippen LogP contribution is -2.48. The van der Waals surface area contributed by atoms with Gasteiger partial charge in [0, 0.05) is 19.5 Å². The Hall–Kier alpha value is -2.66. The molecule has 1 aliphatic heterocycles. The van der Waals surface area contributed by atoms with E-state index < -0.39 is 0 Å². The molecule has 1 saturated heterocycles. The smallest absolute Gasteiger partial charge is 0.225 e. The molecule has 5 heteroatoms. The highest BCUT2D eigenvalue weighted by molar-refractivity contribution is 5.85. The van der Waals surface area contributed by atoms with E-state index in [1.54, 1.807) is 0 Å². The zero-order chi connectivity index (χ0) is 19.1. The Balaban J connectivity index is 1.88. The number of hydrogen-bond acceptors (Lipinski definition) is 3. The van der Waals surface area contributed by atoms with E-state index in [1.807, 2.05) is 65.6 Å². The summed E-state index contributed by atoms with van der Waals surface area (Å²) in [7, 11) is 0. The fraction of sp³-hybridized carbons (Fsp3) is 0.364. The average molecular weight is 365 g/mol. The van der Waals surface area contributed by atoms with Crippen LogP contribution in [0.2, 0.25) is 0 Å². The van der Waals surface area contributed by atoms with Crippen LogP contribution in [-0.4, -0.2) is 29.8 Å². The Morgan fingerprint density at radius 3 is 2.41 bits per heavy atom. The van der Waals surface area contributed by atoms with Crippen molar-refractivity contribution in [2.24, 2.45) is 11.7 Å². The molecule has 1 fully saturated rings. The van der Waals surface area contributed by atoms with Gasteiger partial charge in [0.15, 0.2) is 0 Å². The van der Waals surface area contributed by atoms with E-state index in [1.165, 1.54) is 0 Å². The zero-order valence-electron chi connectivity index (χ0n) is 15.5. The van der Waals surface area contributed by atoms with Crippen LogP contribution in [0, 0.1) is 5.92 Å². The highest BCUT2D eigenvalue weighted by Gasteiger charge is 2.40. The lowest BCUT2D eigenvalue weighted by atomic mass is 9.83. The highest BCUT2D eigenvalue weighted by Crippen LogP contribution is 2.37. The molecule has 2 amide bonds. The molecule has 0 bridgehead atoms. The van der Waals surface area contributed by atoms with E-state index in [0.29, 0.717) is 32.5 Å². The number of hydrogen-bond donors (Lipinski definition) is 2. The van der Waals surface area contributed by atoms with Crippen molar-refractivity contribution in [3.63, 3.8) is 0 Å². The summed E-state index contributed by atoms with van der Waals surface area (Å²) in [5.41, 5.74) is 7.60.